The molecule has 0 saturated heterocycles. The first-order valence-electron chi connectivity index (χ1n) is 2.88. The van der Waals surface area contributed by atoms with E-state index in [2.05, 4.69) is 37.7 Å². The zero-order valence-electron chi connectivity index (χ0n) is 5.40. The van der Waals surface area contributed by atoms with Gasteiger partial charge in [-0.1, -0.05) is 0 Å². The largest absolute Gasteiger partial charge is 0.321 e. The van der Waals surface area contributed by atoms with Crippen LogP contribution in [0.3, 0.4) is 0 Å². The van der Waals surface area contributed by atoms with Crippen LogP contribution in [-0.4, -0.2) is 19.9 Å². The van der Waals surface area contributed by atoms with Crippen molar-refractivity contribution in [3.8, 4) is 0 Å². The third-order valence-corrected chi connectivity index (χ3v) is 2.12. The Bertz CT molecular complexity index is 359. The van der Waals surface area contributed by atoms with Crippen LogP contribution in [0.15, 0.2) is 12.5 Å². The molecule has 6 heteroatoms. The highest BCUT2D eigenvalue weighted by Crippen LogP contribution is 2.14. The van der Waals surface area contributed by atoms with Crippen LogP contribution in [0.2, 0.25) is 0 Å². The summed E-state index contributed by atoms with van der Waals surface area (Å²) in [4.78, 5) is 9.07. The van der Waals surface area contributed by atoms with E-state index in [1.165, 1.54) is 11.1 Å². The van der Waals surface area contributed by atoms with Crippen LogP contribution in [0.1, 0.15) is 0 Å². The minimum atomic E-state index is 0.657. The summed E-state index contributed by atoms with van der Waals surface area (Å²) in [6.45, 7) is 0. The summed E-state index contributed by atoms with van der Waals surface area (Å²) in [6.07, 6.45) is 3.14. The topological polar surface area (TPSA) is 69.6 Å². The second-order valence-corrected chi connectivity index (χ2v) is 3.02. The number of nitrogen functional groups attached to an aromatic ring is 1. The van der Waals surface area contributed by atoms with E-state index in [9.17, 15) is 0 Å². The number of aromatic nitrogens is 4. The van der Waals surface area contributed by atoms with Crippen LogP contribution in [0.25, 0.3) is 11.0 Å². The number of rotatable bonds is 0. The lowest BCUT2D eigenvalue weighted by atomic mass is 10.5. The summed E-state index contributed by atoms with van der Waals surface area (Å²) >= 11 is 2.09. The molecular formula is C5H4IN5. The number of nitrogens with two attached hydrogens (primary N) is 1. The van der Waals surface area contributed by atoms with Gasteiger partial charge < -0.3 is 5.84 Å². The van der Waals surface area contributed by atoms with Crippen LogP contribution < -0.4 is 5.84 Å². The molecule has 2 rings (SSSR count). The van der Waals surface area contributed by atoms with Gasteiger partial charge in [0.2, 0.25) is 0 Å². The van der Waals surface area contributed by atoms with Gasteiger partial charge in [-0.25, -0.2) is 9.97 Å². The van der Waals surface area contributed by atoms with Crippen molar-refractivity contribution in [3.63, 3.8) is 0 Å². The van der Waals surface area contributed by atoms with Crippen molar-refractivity contribution < 1.29 is 0 Å². The van der Waals surface area contributed by atoms with Crippen LogP contribution >= 0.6 is 22.6 Å². The average Bonchev–Trinajstić information content (AvgIpc) is 2.30. The molecule has 2 aromatic heterocycles. The summed E-state index contributed by atoms with van der Waals surface area (Å²) in [6, 6.07) is 0. The second kappa shape index (κ2) is 2.29. The van der Waals surface area contributed by atoms with Gasteiger partial charge in [-0.3, -0.25) is 0 Å². The van der Waals surface area contributed by atoms with Crippen molar-refractivity contribution in [2.24, 2.45) is 0 Å². The Labute approximate surface area is 75.7 Å². The Hall–Kier alpha value is -0.920. The van der Waals surface area contributed by atoms with E-state index in [1.54, 1.807) is 6.20 Å². The highest BCUT2D eigenvalue weighted by Gasteiger charge is 2.05. The first-order valence-corrected chi connectivity index (χ1v) is 3.96. The molecule has 2 aromatic rings. The lowest BCUT2D eigenvalue weighted by molar-refractivity contribution is 0.838. The monoisotopic (exact) mass is 261 g/mol. The molecule has 0 aliphatic carbocycles. The van der Waals surface area contributed by atoms with Gasteiger partial charge in [0.25, 0.3) is 0 Å². The SMILES string of the molecule is Nn1nc(I)c2cncnc21. The maximum absolute atomic E-state index is 5.49. The molecular weight excluding hydrogens is 257 g/mol. The van der Waals surface area contributed by atoms with Crippen molar-refractivity contribution in [1.82, 2.24) is 19.9 Å². The lowest BCUT2D eigenvalue weighted by Gasteiger charge is -1.88. The summed E-state index contributed by atoms with van der Waals surface area (Å²) in [5.41, 5.74) is 0.657. The Morgan fingerprint density at radius 3 is 3.09 bits per heavy atom. The predicted octanol–water partition coefficient (Wildman–Crippen LogP) is 0.145. The number of nitrogens with zero attached hydrogens (tertiary/aromatic N) is 4. The number of hydrogen-bond acceptors (Lipinski definition) is 4. The van der Waals surface area contributed by atoms with Crippen LogP contribution in [0, 0.1) is 3.70 Å². The Balaban J connectivity index is 2.95. The van der Waals surface area contributed by atoms with Gasteiger partial charge in [0.1, 0.15) is 10.0 Å². The molecule has 0 spiro atoms. The van der Waals surface area contributed by atoms with Gasteiger partial charge in [-0.05, 0) is 22.6 Å². The molecule has 2 heterocycles. The fourth-order valence-electron chi connectivity index (χ4n) is 0.847. The van der Waals surface area contributed by atoms with Crippen LogP contribution in [-0.2, 0) is 0 Å². The number of fused-ring (bicyclic) bond motifs is 1. The second-order valence-electron chi connectivity index (χ2n) is 2.00. The standard InChI is InChI=1S/C5H4IN5/c6-4-3-1-8-2-9-5(3)11(7)10-4/h1-2H,7H2. The zero-order chi connectivity index (χ0) is 7.84. The normalized spacial score (nSPS) is 10.6. The van der Waals surface area contributed by atoms with E-state index < -0.39 is 0 Å². The van der Waals surface area contributed by atoms with Gasteiger partial charge in [0.15, 0.2) is 5.65 Å². The molecule has 0 fully saturated rings. The first-order chi connectivity index (χ1) is 5.29. The molecule has 0 unspecified atom stereocenters. The maximum atomic E-state index is 5.49. The molecule has 2 N–H and O–H groups in total. The van der Waals surface area contributed by atoms with Crippen molar-refractivity contribution in [3.05, 3.63) is 16.2 Å². The molecule has 0 radical (unpaired) electrons. The molecule has 0 saturated carbocycles. The van der Waals surface area contributed by atoms with Gasteiger partial charge in [0, 0.05) is 6.20 Å². The number of hydrogen-bond donors (Lipinski definition) is 1. The molecule has 0 aliphatic heterocycles. The van der Waals surface area contributed by atoms with Gasteiger partial charge in [0.05, 0.1) is 5.39 Å². The minimum absolute atomic E-state index is 0.657. The third-order valence-electron chi connectivity index (χ3n) is 1.33. The molecule has 11 heavy (non-hydrogen) atoms. The van der Waals surface area contributed by atoms with Crippen LogP contribution in [0.4, 0.5) is 0 Å². The van der Waals surface area contributed by atoms with Gasteiger partial charge >= 0.3 is 0 Å². The zero-order valence-corrected chi connectivity index (χ0v) is 7.56. The average molecular weight is 261 g/mol. The summed E-state index contributed by atoms with van der Waals surface area (Å²) in [7, 11) is 0. The smallest absolute Gasteiger partial charge is 0.184 e. The maximum Gasteiger partial charge on any atom is 0.184 e. The van der Waals surface area contributed by atoms with Gasteiger partial charge in [-0.2, -0.15) is 4.79 Å². The summed E-state index contributed by atoms with van der Waals surface area (Å²) in [5.74, 6) is 5.49. The minimum Gasteiger partial charge on any atom is -0.321 e. The third kappa shape index (κ3) is 0.934. The molecule has 0 aromatic carbocycles. The molecule has 5 nitrogen and oxygen atoms in total. The van der Waals surface area contributed by atoms with E-state index >= 15 is 0 Å². The van der Waals surface area contributed by atoms with Gasteiger partial charge in [-0.15, -0.1) is 5.10 Å². The molecule has 56 valence electrons. The summed E-state index contributed by atoms with van der Waals surface area (Å²) in [5, 5.41) is 4.85. The fourth-order valence-corrected chi connectivity index (χ4v) is 1.46. The molecule has 0 bridgehead atoms. The lowest BCUT2D eigenvalue weighted by Crippen LogP contribution is -2.10. The van der Waals surface area contributed by atoms with E-state index in [0.29, 0.717) is 5.65 Å². The van der Waals surface area contributed by atoms with E-state index in [-0.39, 0.29) is 0 Å². The van der Waals surface area contributed by atoms with E-state index in [0.717, 1.165) is 9.09 Å². The molecule has 0 aliphatic rings. The molecule has 0 atom stereocenters. The number of halogens is 1. The predicted molar refractivity (Wildman–Crippen MR) is 48.2 cm³/mol. The first kappa shape index (κ1) is 6.77. The summed E-state index contributed by atoms with van der Waals surface area (Å²) < 4.78 is 0.820. The van der Waals surface area contributed by atoms with Crippen molar-refractivity contribution in [2.75, 3.05) is 5.84 Å². The van der Waals surface area contributed by atoms with E-state index in [4.69, 9.17) is 5.84 Å². The van der Waals surface area contributed by atoms with E-state index in [1.807, 2.05) is 0 Å². The van der Waals surface area contributed by atoms with Crippen molar-refractivity contribution >= 4 is 33.6 Å². The van der Waals surface area contributed by atoms with Crippen LogP contribution in [0.5, 0.6) is 0 Å². The van der Waals surface area contributed by atoms with Crippen molar-refractivity contribution in [1.29, 1.82) is 0 Å². The Kier molecular flexibility index (Phi) is 1.41. The highest BCUT2D eigenvalue weighted by molar-refractivity contribution is 14.1. The highest BCUT2D eigenvalue weighted by atomic mass is 127. The molecule has 0 amide bonds. The quantitative estimate of drug-likeness (QED) is 0.541. The Morgan fingerprint density at radius 1 is 1.55 bits per heavy atom. The Morgan fingerprint density at radius 2 is 2.36 bits per heavy atom. The fraction of sp³-hybridized carbons (Fsp3) is 0. The van der Waals surface area contributed by atoms with Crippen molar-refractivity contribution in [2.45, 2.75) is 0 Å².